The van der Waals surface area contributed by atoms with Crippen LogP contribution in [0.25, 0.3) is 0 Å². The number of hydrogen-bond acceptors (Lipinski definition) is 3. The van der Waals surface area contributed by atoms with E-state index in [0.29, 0.717) is 6.42 Å². The van der Waals surface area contributed by atoms with E-state index in [1.165, 1.54) is 12.1 Å². The van der Waals surface area contributed by atoms with Crippen LogP contribution in [0.5, 0.6) is 0 Å². The summed E-state index contributed by atoms with van der Waals surface area (Å²) in [6, 6.07) is 4.00. The van der Waals surface area contributed by atoms with E-state index in [-0.39, 0.29) is 34.6 Å². The van der Waals surface area contributed by atoms with Crippen LogP contribution in [0.15, 0.2) is 18.2 Å². The summed E-state index contributed by atoms with van der Waals surface area (Å²) in [5.74, 6) is -1.21. The van der Waals surface area contributed by atoms with Gasteiger partial charge in [0.05, 0.1) is 22.1 Å². The Balaban J connectivity index is 1.99. The lowest BCUT2D eigenvalue weighted by Gasteiger charge is -2.11. The van der Waals surface area contributed by atoms with Crippen LogP contribution in [-0.4, -0.2) is 32.4 Å². The van der Waals surface area contributed by atoms with Crippen LogP contribution in [0.2, 0.25) is 5.02 Å². The molecule has 1 aliphatic heterocycles. The molecular formula is C12H13ClFNO3S. The van der Waals surface area contributed by atoms with Crippen LogP contribution < -0.4 is 5.32 Å². The van der Waals surface area contributed by atoms with Crippen LogP contribution >= 0.6 is 11.6 Å². The second kappa shape index (κ2) is 5.46. The van der Waals surface area contributed by atoms with Gasteiger partial charge in [-0.15, -0.1) is 0 Å². The lowest BCUT2D eigenvalue weighted by molar-refractivity contribution is 0.0944. The van der Waals surface area contributed by atoms with E-state index in [4.69, 9.17) is 11.6 Å². The lowest BCUT2D eigenvalue weighted by atomic mass is 10.1. The van der Waals surface area contributed by atoms with Gasteiger partial charge in [0.25, 0.3) is 5.91 Å². The van der Waals surface area contributed by atoms with E-state index < -0.39 is 21.6 Å². The molecule has 0 saturated carbocycles. The first-order valence-corrected chi connectivity index (χ1v) is 8.01. The zero-order valence-corrected chi connectivity index (χ0v) is 11.6. The van der Waals surface area contributed by atoms with Gasteiger partial charge in [-0.05, 0) is 24.5 Å². The Morgan fingerprint density at radius 1 is 1.47 bits per heavy atom. The number of sulfone groups is 1. The van der Waals surface area contributed by atoms with Crippen molar-refractivity contribution in [1.29, 1.82) is 0 Å². The van der Waals surface area contributed by atoms with Gasteiger partial charge in [-0.3, -0.25) is 4.79 Å². The number of carbonyl (C=O) groups is 1. The number of halogens is 2. The minimum atomic E-state index is -2.98. The summed E-state index contributed by atoms with van der Waals surface area (Å²) >= 11 is 5.77. The van der Waals surface area contributed by atoms with Gasteiger partial charge < -0.3 is 5.32 Å². The van der Waals surface area contributed by atoms with E-state index in [1.807, 2.05) is 0 Å². The van der Waals surface area contributed by atoms with E-state index in [1.54, 1.807) is 0 Å². The third kappa shape index (κ3) is 3.45. The standard InChI is InChI=1S/C12H13ClFNO3S/c13-9-2-1-3-10(14)11(9)12(16)15-6-8-4-5-19(17,18)7-8/h1-3,8H,4-7H2,(H,15,16). The fraction of sp³-hybridized carbons (Fsp3) is 0.417. The topological polar surface area (TPSA) is 63.2 Å². The molecule has 104 valence electrons. The Bertz CT molecular complexity index is 583. The minimum absolute atomic E-state index is 0.0385. The zero-order chi connectivity index (χ0) is 14.0. The molecule has 1 aromatic rings. The van der Waals surface area contributed by atoms with Gasteiger partial charge in [0.2, 0.25) is 0 Å². The summed E-state index contributed by atoms with van der Waals surface area (Å²) in [5, 5.41) is 2.57. The largest absolute Gasteiger partial charge is 0.352 e. The first-order valence-electron chi connectivity index (χ1n) is 5.82. The van der Waals surface area contributed by atoms with Crippen LogP contribution in [0.4, 0.5) is 4.39 Å². The molecule has 1 unspecified atom stereocenters. The van der Waals surface area contributed by atoms with Gasteiger partial charge in [0, 0.05) is 6.54 Å². The van der Waals surface area contributed by atoms with E-state index in [0.717, 1.165) is 6.07 Å². The lowest BCUT2D eigenvalue weighted by Crippen LogP contribution is -2.30. The minimum Gasteiger partial charge on any atom is -0.352 e. The maximum atomic E-state index is 13.5. The summed E-state index contributed by atoms with van der Waals surface area (Å²) in [4.78, 5) is 11.8. The Kier molecular flexibility index (Phi) is 4.10. The number of hydrogen-bond donors (Lipinski definition) is 1. The van der Waals surface area contributed by atoms with Gasteiger partial charge in [0.15, 0.2) is 9.84 Å². The summed E-state index contributed by atoms with van der Waals surface area (Å²) in [5.41, 5.74) is -0.204. The molecule has 1 heterocycles. The Hall–Kier alpha value is -1.14. The van der Waals surface area contributed by atoms with Crippen LogP contribution in [0, 0.1) is 11.7 Å². The van der Waals surface area contributed by atoms with Crippen LogP contribution in [0.3, 0.4) is 0 Å². The molecule has 1 amide bonds. The summed E-state index contributed by atoms with van der Waals surface area (Å²) < 4.78 is 36.0. The maximum absolute atomic E-state index is 13.5. The van der Waals surface area contributed by atoms with Crippen LogP contribution in [-0.2, 0) is 9.84 Å². The van der Waals surface area contributed by atoms with Gasteiger partial charge >= 0.3 is 0 Å². The predicted octanol–water partition coefficient (Wildman–Crippen LogP) is 1.64. The van der Waals surface area contributed by atoms with Crippen molar-refractivity contribution in [3.05, 3.63) is 34.6 Å². The van der Waals surface area contributed by atoms with Crippen molar-refractivity contribution >= 4 is 27.3 Å². The molecule has 4 nitrogen and oxygen atoms in total. The Labute approximate surface area is 115 Å². The number of amides is 1. The third-order valence-corrected chi connectivity index (χ3v) is 5.22. The van der Waals surface area contributed by atoms with Crippen molar-refractivity contribution in [2.75, 3.05) is 18.1 Å². The van der Waals surface area contributed by atoms with Crippen molar-refractivity contribution in [2.24, 2.45) is 5.92 Å². The first-order chi connectivity index (χ1) is 8.89. The number of carbonyl (C=O) groups excluding carboxylic acids is 1. The average molecular weight is 306 g/mol. The molecule has 2 rings (SSSR count). The molecule has 0 radical (unpaired) electrons. The number of rotatable bonds is 3. The van der Waals surface area contributed by atoms with E-state index in [2.05, 4.69) is 5.32 Å². The van der Waals surface area contributed by atoms with Crippen molar-refractivity contribution in [1.82, 2.24) is 5.32 Å². The molecule has 0 bridgehead atoms. The predicted molar refractivity (Wildman–Crippen MR) is 70.5 cm³/mol. The number of nitrogens with one attached hydrogen (secondary N) is 1. The highest BCUT2D eigenvalue weighted by Gasteiger charge is 2.28. The second-order valence-corrected chi connectivity index (χ2v) is 7.21. The molecule has 1 atom stereocenters. The smallest absolute Gasteiger partial charge is 0.255 e. The average Bonchev–Trinajstić information content (AvgIpc) is 2.66. The molecule has 1 aromatic carbocycles. The van der Waals surface area contributed by atoms with Crippen LogP contribution in [0.1, 0.15) is 16.8 Å². The molecule has 0 spiro atoms. The highest BCUT2D eigenvalue weighted by molar-refractivity contribution is 7.91. The molecule has 0 aliphatic carbocycles. The van der Waals surface area contributed by atoms with E-state index >= 15 is 0 Å². The quantitative estimate of drug-likeness (QED) is 0.923. The molecule has 1 saturated heterocycles. The zero-order valence-electron chi connectivity index (χ0n) is 10.0. The molecule has 19 heavy (non-hydrogen) atoms. The van der Waals surface area contributed by atoms with Gasteiger partial charge in [0.1, 0.15) is 5.82 Å². The SMILES string of the molecule is O=C(NCC1CCS(=O)(=O)C1)c1c(F)cccc1Cl. The fourth-order valence-corrected chi connectivity index (χ4v) is 4.18. The summed E-state index contributed by atoms with van der Waals surface area (Å²) in [6.07, 6.45) is 0.521. The Morgan fingerprint density at radius 2 is 2.21 bits per heavy atom. The third-order valence-electron chi connectivity index (χ3n) is 3.07. The molecule has 1 fully saturated rings. The number of benzene rings is 1. The first kappa shape index (κ1) is 14.3. The fourth-order valence-electron chi connectivity index (χ4n) is 2.07. The molecule has 0 aromatic heterocycles. The normalized spacial score (nSPS) is 21.3. The maximum Gasteiger partial charge on any atom is 0.255 e. The van der Waals surface area contributed by atoms with E-state index in [9.17, 15) is 17.6 Å². The summed E-state index contributed by atoms with van der Waals surface area (Å²) in [7, 11) is -2.98. The van der Waals surface area contributed by atoms with Gasteiger partial charge in [-0.2, -0.15) is 0 Å². The second-order valence-electron chi connectivity index (χ2n) is 4.58. The van der Waals surface area contributed by atoms with Gasteiger partial charge in [-0.1, -0.05) is 17.7 Å². The monoisotopic (exact) mass is 305 g/mol. The Morgan fingerprint density at radius 3 is 2.79 bits per heavy atom. The summed E-state index contributed by atoms with van der Waals surface area (Å²) in [6.45, 7) is 0.211. The molecule has 1 N–H and O–H groups in total. The van der Waals surface area contributed by atoms with Gasteiger partial charge in [-0.25, -0.2) is 12.8 Å². The van der Waals surface area contributed by atoms with Crippen molar-refractivity contribution in [2.45, 2.75) is 6.42 Å². The van der Waals surface area contributed by atoms with Crippen molar-refractivity contribution in [3.63, 3.8) is 0 Å². The van der Waals surface area contributed by atoms with Crippen molar-refractivity contribution in [3.8, 4) is 0 Å². The molecular weight excluding hydrogens is 293 g/mol. The van der Waals surface area contributed by atoms with Crippen molar-refractivity contribution < 1.29 is 17.6 Å². The highest BCUT2D eigenvalue weighted by Crippen LogP contribution is 2.20. The molecule has 7 heteroatoms. The highest BCUT2D eigenvalue weighted by atomic mass is 35.5. The molecule has 1 aliphatic rings.